The van der Waals surface area contributed by atoms with E-state index in [4.69, 9.17) is 4.99 Å². The fourth-order valence-corrected chi connectivity index (χ4v) is 3.34. The molecular formula is C21H25N. The van der Waals surface area contributed by atoms with Gasteiger partial charge in [-0.25, -0.2) is 0 Å². The van der Waals surface area contributed by atoms with Gasteiger partial charge < -0.3 is 0 Å². The first kappa shape index (κ1) is 15.0. The molecule has 114 valence electrons. The molecule has 0 N–H and O–H groups in total. The van der Waals surface area contributed by atoms with Gasteiger partial charge in [0.1, 0.15) is 0 Å². The minimum absolute atomic E-state index is 0.263. The highest BCUT2D eigenvalue weighted by Gasteiger charge is 2.22. The van der Waals surface area contributed by atoms with Gasteiger partial charge in [0.05, 0.1) is 11.8 Å². The summed E-state index contributed by atoms with van der Waals surface area (Å²) >= 11 is 0. The number of aryl methyl sites for hydroxylation is 2. The second kappa shape index (κ2) is 6.08. The second-order valence-corrected chi connectivity index (χ2v) is 7.02. The summed E-state index contributed by atoms with van der Waals surface area (Å²) in [5.74, 6) is 1.11. The molecule has 1 heteroatoms. The SMILES string of the molecule is Cc1cc(C)cc(C2=N[C@@H]3C=C(CC(C)C)C=CC3C=C2)c1. The molecule has 0 amide bonds. The quantitative estimate of drug-likeness (QED) is 0.726. The summed E-state index contributed by atoms with van der Waals surface area (Å²) in [7, 11) is 0. The third kappa shape index (κ3) is 3.30. The average molecular weight is 291 g/mol. The van der Waals surface area contributed by atoms with Crippen molar-refractivity contribution in [1.82, 2.24) is 0 Å². The number of allylic oxidation sites excluding steroid dienone is 3. The highest BCUT2D eigenvalue weighted by Crippen LogP contribution is 2.28. The van der Waals surface area contributed by atoms with Gasteiger partial charge in [0.2, 0.25) is 0 Å². The van der Waals surface area contributed by atoms with Crippen molar-refractivity contribution in [1.29, 1.82) is 0 Å². The summed E-state index contributed by atoms with van der Waals surface area (Å²) in [6.45, 7) is 8.84. The topological polar surface area (TPSA) is 12.4 Å². The van der Waals surface area contributed by atoms with E-state index in [9.17, 15) is 0 Å². The summed E-state index contributed by atoms with van der Waals surface area (Å²) in [5.41, 5.74) is 6.37. The predicted octanol–water partition coefficient (Wildman–Crippen LogP) is 5.19. The van der Waals surface area contributed by atoms with Crippen molar-refractivity contribution in [3.05, 3.63) is 70.8 Å². The second-order valence-electron chi connectivity index (χ2n) is 7.02. The number of aliphatic imine (C=N–C) groups is 1. The maximum absolute atomic E-state index is 5.02. The largest absolute Gasteiger partial charge is 0.276 e. The summed E-state index contributed by atoms with van der Waals surface area (Å²) in [6.07, 6.45) is 12.6. The summed E-state index contributed by atoms with van der Waals surface area (Å²) < 4.78 is 0. The Bertz CT molecular complexity index is 666. The highest BCUT2D eigenvalue weighted by molar-refractivity contribution is 6.09. The van der Waals surface area contributed by atoms with E-state index < -0.39 is 0 Å². The number of dihydropyridines is 1. The Kier molecular flexibility index (Phi) is 4.15. The molecule has 2 aliphatic rings. The van der Waals surface area contributed by atoms with E-state index in [-0.39, 0.29) is 6.04 Å². The van der Waals surface area contributed by atoms with E-state index >= 15 is 0 Å². The molecule has 2 atom stereocenters. The maximum Gasteiger partial charge on any atom is 0.0790 e. The first-order valence-electron chi connectivity index (χ1n) is 8.25. The van der Waals surface area contributed by atoms with Gasteiger partial charge >= 0.3 is 0 Å². The van der Waals surface area contributed by atoms with E-state index in [0.717, 1.165) is 12.1 Å². The molecule has 0 aromatic heterocycles. The molecular weight excluding hydrogens is 266 g/mol. The molecule has 1 aliphatic heterocycles. The number of benzene rings is 1. The first-order valence-corrected chi connectivity index (χ1v) is 8.25. The van der Waals surface area contributed by atoms with Crippen LogP contribution in [0.5, 0.6) is 0 Å². The van der Waals surface area contributed by atoms with Crippen molar-refractivity contribution >= 4 is 5.71 Å². The van der Waals surface area contributed by atoms with Gasteiger partial charge in [-0.15, -0.1) is 0 Å². The summed E-state index contributed by atoms with van der Waals surface area (Å²) in [5, 5.41) is 0. The van der Waals surface area contributed by atoms with Crippen LogP contribution in [0.3, 0.4) is 0 Å². The van der Waals surface area contributed by atoms with Crippen LogP contribution in [0.4, 0.5) is 0 Å². The Balaban J connectivity index is 1.89. The van der Waals surface area contributed by atoms with Crippen LogP contribution in [-0.4, -0.2) is 11.8 Å². The minimum atomic E-state index is 0.263. The molecule has 0 fully saturated rings. The lowest BCUT2D eigenvalue weighted by molar-refractivity contribution is 0.623. The molecule has 0 bridgehead atoms. The number of nitrogens with zero attached hydrogens (tertiary/aromatic N) is 1. The molecule has 1 aromatic carbocycles. The van der Waals surface area contributed by atoms with Crippen LogP contribution >= 0.6 is 0 Å². The van der Waals surface area contributed by atoms with Gasteiger partial charge in [-0.3, -0.25) is 4.99 Å². The Morgan fingerprint density at radius 1 is 1.00 bits per heavy atom. The van der Waals surface area contributed by atoms with Crippen molar-refractivity contribution in [3.8, 4) is 0 Å². The van der Waals surface area contributed by atoms with E-state index in [0.29, 0.717) is 11.8 Å². The Labute approximate surface area is 134 Å². The lowest BCUT2D eigenvalue weighted by atomic mass is 9.86. The zero-order chi connectivity index (χ0) is 15.7. The molecule has 1 aromatic rings. The van der Waals surface area contributed by atoms with Gasteiger partial charge in [0.15, 0.2) is 0 Å². The number of rotatable bonds is 3. The van der Waals surface area contributed by atoms with Gasteiger partial charge in [-0.2, -0.15) is 0 Å². The highest BCUT2D eigenvalue weighted by atomic mass is 14.8. The van der Waals surface area contributed by atoms with Gasteiger partial charge in [0.25, 0.3) is 0 Å². The molecule has 0 saturated carbocycles. The molecule has 1 unspecified atom stereocenters. The standard InChI is InChI=1S/C21H25N/c1-14(2)9-17-5-6-18-7-8-20(22-21(18)13-17)19-11-15(3)10-16(4)12-19/h5-8,10-14,18,21H,9H2,1-4H3/t18?,21-/m1/s1. The fourth-order valence-electron chi connectivity index (χ4n) is 3.34. The third-order valence-electron chi connectivity index (χ3n) is 4.24. The molecule has 3 rings (SSSR count). The van der Waals surface area contributed by atoms with Crippen LogP contribution in [0.25, 0.3) is 0 Å². The summed E-state index contributed by atoms with van der Waals surface area (Å²) in [6, 6.07) is 6.94. The van der Waals surface area contributed by atoms with Crippen molar-refractivity contribution < 1.29 is 0 Å². The van der Waals surface area contributed by atoms with Crippen LogP contribution in [0, 0.1) is 25.7 Å². The minimum Gasteiger partial charge on any atom is -0.276 e. The molecule has 1 aliphatic carbocycles. The van der Waals surface area contributed by atoms with Crippen LogP contribution in [0.1, 0.15) is 37.0 Å². The zero-order valence-electron chi connectivity index (χ0n) is 14.0. The zero-order valence-corrected chi connectivity index (χ0v) is 14.0. The molecule has 0 spiro atoms. The smallest absolute Gasteiger partial charge is 0.0790 e. The molecule has 0 saturated heterocycles. The normalized spacial score (nSPS) is 23.3. The van der Waals surface area contributed by atoms with Gasteiger partial charge in [0, 0.05) is 11.5 Å². The maximum atomic E-state index is 5.02. The summed E-state index contributed by atoms with van der Waals surface area (Å²) in [4.78, 5) is 5.02. The molecule has 22 heavy (non-hydrogen) atoms. The van der Waals surface area contributed by atoms with E-state index in [2.05, 4.69) is 76.3 Å². The lowest BCUT2D eigenvalue weighted by Gasteiger charge is -2.25. The fraction of sp³-hybridized carbons (Fsp3) is 0.381. The van der Waals surface area contributed by atoms with Crippen LogP contribution in [0.2, 0.25) is 0 Å². The van der Waals surface area contributed by atoms with Gasteiger partial charge in [-0.1, -0.05) is 55.3 Å². The van der Waals surface area contributed by atoms with Crippen LogP contribution in [0.15, 0.2) is 59.1 Å². The van der Waals surface area contributed by atoms with E-state index in [1.807, 2.05) is 0 Å². The van der Waals surface area contributed by atoms with Crippen molar-refractivity contribution in [3.63, 3.8) is 0 Å². The number of hydrogen-bond acceptors (Lipinski definition) is 1. The average Bonchev–Trinajstić information content (AvgIpc) is 2.45. The van der Waals surface area contributed by atoms with Gasteiger partial charge in [-0.05, 0) is 50.0 Å². The van der Waals surface area contributed by atoms with Crippen molar-refractivity contribution in [2.75, 3.05) is 0 Å². The predicted molar refractivity (Wildman–Crippen MR) is 95.5 cm³/mol. The van der Waals surface area contributed by atoms with E-state index in [1.54, 1.807) is 0 Å². The lowest BCUT2D eigenvalue weighted by Crippen LogP contribution is -2.22. The Hall–Kier alpha value is -1.89. The molecule has 0 radical (unpaired) electrons. The van der Waals surface area contributed by atoms with E-state index in [1.165, 1.54) is 22.3 Å². The van der Waals surface area contributed by atoms with Crippen LogP contribution < -0.4 is 0 Å². The van der Waals surface area contributed by atoms with Crippen LogP contribution in [-0.2, 0) is 0 Å². The molecule has 1 heterocycles. The monoisotopic (exact) mass is 291 g/mol. The van der Waals surface area contributed by atoms with Crippen molar-refractivity contribution in [2.24, 2.45) is 16.8 Å². The first-order chi connectivity index (χ1) is 10.5. The molecule has 1 nitrogen and oxygen atoms in total. The Morgan fingerprint density at radius 3 is 2.36 bits per heavy atom. The van der Waals surface area contributed by atoms with Crippen molar-refractivity contribution in [2.45, 2.75) is 40.2 Å². The number of fused-ring (bicyclic) bond motifs is 1. The Morgan fingerprint density at radius 2 is 1.68 bits per heavy atom. The third-order valence-corrected chi connectivity index (χ3v) is 4.24. The number of hydrogen-bond donors (Lipinski definition) is 0.